The molecule has 1 aromatic carbocycles. The summed E-state index contributed by atoms with van der Waals surface area (Å²) >= 11 is 0. The molecule has 1 aliphatic heterocycles. The van der Waals surface area contributed by atoms with Crippen LogP contribution < -0.4 is 15.4 Å². The molecule has 7 nitrogen and oxygen atoms in total. The van der Waals surface area contributed by atoms with Crippen LogP contribution in [0, 0.1) is 0 Å². The van der Waals surface area contributed by atoms with Gasteiger partial charge in [-0.25, -0.2) is 9.78 Å². The lowest BCUT2D eigenvalue weighted by molar-refractivity contribution is -0.137. The van der Waals surface area contributed by atoms with Gasteiger partial charge >= 0.3 is 12.2 Å². The summed E-state index contributed by atoms with van der Waals surface area (Å²) in [6, 6.07) is 7.30. The predicted octanol–water partition coefficient (Wildman–Crippen LogP) is 4.13. The highest BCUT2D eigenvalue weighted by atomic mass is 19.4. The van der Waals surface area contributed by atoms with Crippen molar-refractivity contribution in [2.75, 3.05) is 23.7 Å². The molecule has 0 spiro atoms. The molecule has 0 saturated carbocycles. The number of benzene rings is 1. The molecule has 2 heterocycles. The Balaban J connectivity index is 1.46. The van der Waals surface area contributed by atoms with Gasteiger partial charge in [-0.3, -0.25) is 4.79 Å². The van der Waals surface area contributed by atoms with Gasteiger partial charge in [0.1, 0.15) is 6.10 Å². The van der Waals surface area contributed by atoms with E-state index in [2.05, 4.69) is 15.6 Å². The number of hydrogen-bond acceptors (Lipinski definition) is 4. The SMILES string of the molecule is CC(=O)Nc1ccc(OC2CCN(C(=O)Nc3ccc(C(F)(F)F)cc3)CC2)nc1. The van der Waals surface area contributed by atoms with Gasteiger partial charge in [-0.2, -0.15) is 13.2 Å². The van der Waals surface area contributed by atoms with Crippen LogP contribution in [-0.4, -0.2) is 41.0 Å². The average Bonchev–Trinajstić information content (AvgIpc) is 2.69. The molecule has 0 unspecified atom stereocenters. The minimum Gasteiger partial charge on any atom is -0.474 e. The summed E-state index contributed by atoms with van der Waals surface area (Å²) in [5.74, 6) is 0.240. The number of piperidine rings is 1. The average molecular weight is 422 g/mol. The Morgan fingerprint density at radius 1 is 1.03 bits per heavy atom. The minimum atomic E-state index is -4.41. The van der Waals surface area contributed by atoms with Gasteiger partial charge in [0, 0.05) is 44.6 Å². The third-order valence-corrected chi connectivity index (χ3v) is 4.54. The molecule has 1 aromatic heterocycles. The Hall–Kier alpha value is -3.30. The smallest absolute Gasteiger partial charge is 0.416 e. The Labute approximate surface area is 171 Å². The number of amides is 3. The van der Waals surface area contributed by atoms with Crippen molar-refractivity contribution in [2.24, 2.45) is 0 Å². The fourth-order valence-corrected chi connectivity index (χ4v) is 3.02. The van der Waals surface area contributed by atoms with Gasteiger partial charge in [0.2, 0.25) is 11.8 Å². The van der Waals surface area contributed by atoms with Gasteiger partial charge in [-0.1, -0.05) is 0 Å². The lowest BCUT2D eigenvalue weighted by atomic mass is 10.1. The van der Waals surface area contributed by atoms with Crippen molar-refractivity contribution in [1.82, 2.24) is 9.88 Å². The van der Waals surface area contributed by atoms with Gasteiger partial charge in [0.05, 0.1) is 17.4 Å². The van der Waals surface area contributed by atoms with Crippen molar-refractivity contribution in [1.29, 1.82) is 0 Å². The highest BCUT2D eigenvalue weighted by Crippen LogP contribution is 2.30. The van der Waals surface area contributed by atoms with Gasteiger partial charge in [0.15, 0.2) is 0 Å². The number of nitrogens with one attached hydrogen (secondary N) is 2. The molecule has 0 aliphatic carbocycles. The van der Waals surface area contributed by atoms with Crippen LogP contribution in [0.3, 0.4) is 0 Å². The zero-order valence-electron chi connectivity index (χ0n) is 16.2. The first kappa shape index (κ1) is 21.4. The highest BCUT2D eigenvalue weighted by molar-refractivity contribution is 5.89. The molecule has 1 saturated heterocycles. The number of rotatable bonds is 4. The summed E-state index contributed by atoms with van der Waals surface area (Å²) in [4.78, 5) is 29.1. The summed E-state index contributed by atoms with van der Waals surface area (Å²) in [5.41, 5.74) is 0.108. The largest absolute Gasteiger partial charge is 0.474 e. The number of halogens is 3. The van der Waals surface area contributed by atoms with Gasteiger partial charge in [0.25, 0.3) is 0 Å². The molecule has 3 amide bonds. The van der Waals surface area contributed by atoms with Crippen molar-refractivity contribution in [2.45, 2.75) is 32.0 Å². The molecule has 30 heavy (non-hydrogen) atoms. The zero-order chi connectivity index (χ0) is 21.7. The molecule has 1 aliphatic rings. The van der Waals surface area contributed by atoms with E-state index < -0.39 is 11.7 Å². The fourth-order valence-electron chi connectivity index (χ4n) is 3.02. The third kappa shape index (κ3) is 5.85. The molecular formula is C20H21F3N4O3. The van der Waals surface area contributed by atoms with Crippen LogP contribution >= 0.6 is 0 Å². The van der Waals surface area contributed by atoms with E-state index in [-0.39, 0.29) is 18.0 Å². The first-order chi connectivity index (χ1) is 14.2. The normalized spacial score (nSPS) is 14.9. The van der Waals surface area contributed by atoms with Crippen LogP contribution in [0.15, 0.2) is 42.6 Å². The lowest BCUT2D eigenvalue weighted by Gasteiger charge is -2.32. The van der Waals surface area contributed by atoms with E-state index in [1.165, 1.54) is 25.3 Å². The van der Waals surface area contributed by atoms with Crippen LogP contribution in [0.4, 0.5) is 29.3 Å². The first-order valence-electron chi connectivity index (χ1n) is 9.34. The number of carbonyl (C=O) groups excluding carboxylic acids is 2. The fraction of sp³-hybridized carbons (Fsp3) is 0.350. The number of aromatic nitrogens is 1. The summed E-state index contributed by atoms with van der Waals surface area (Å²) in [6.45, 7) is 2.30. The number of anilines is 2. The number of nitrogens with zero attached hydrogens (tertiary/aromatic N) is 2. The molecule has 0 bridgehead atoms. The van der Waals surface area contributed by atoms with E-state index in [4.69, 9.17) is 4.74 Å². The maximum absolute atomic E-state index is 12.6. The van der Waals surface area contributed by atoms with Crippen LogP contribution in [0.5, 0.6) is 5.88 Å². The number of alkyl halides is 3. The number of ether oxygens (including phenoxy) is 1. The Bertz CT molecular complexity index is 878. The maximum atomic E-state index is 12.6. The zero-order valence-corrected chi connectivity index (χ0v) is 16.2. The number of urea groups is 1. The standard InChI is InChI=1S/C20H21F3N4O3/c1-13(28)25-16-6-7-18(24-12-16)30-17-8-10-27(11-9-17)19(29)26-15-4-2-14(3-5-15)20(21,22)23/h2-7,12,17H,8-11H2,1H3,(H,25,28)(H,26,29). The molecule has 3 rings (SSSR count). The molecule has 2 aromatic rings. The molecule has 0 radical (unpaired) electrons. The summed E-state index contributed by atoms with van der Waals surface area (Å²) in [7, 11) is 0. The summed E-state index contributed by atoms with van der Waals surface area (Å²) in [5, 5.41) is 5.23. The second-order valence-corrected chi connectivity index (χ2v) is 6.88. The minimum absolute atomic E-state index is 0.112. The topological polar surface area (TPSA) is 83.6 Å². The monoisotopic (exact) mass is 422 g/mol. The van der Waals surface area contributed by atoms with Gasteiger partial charge in [-0.05, 0) is 30.3 Å². The summed E-state index contributed by atoms with van der Waals surface area (Å²) < 4.78 is 43.6. The van der Waals surface area contributed by atoms with E-state index in [0.717, 1.165) is 12.1 Å². The van der Waals surface area contributed by atoms with E-state index in [1.54, 1.807) is 17.0 Å². The molecular weight excluding hydrogens is 401 g/mol. The van der Waals surface area contributed by atoms with Gasteiger partial charge < -0.3 is 20.3 Å². The Morgan fingerprint density at radius 3 is 2.20 bits per heavy atom. The van der Waals surface area contributed by atoms with Crippen LogP contribution in [0.1, 0.15) is 25.3 Å². The quantitative estimate of drug-likeness (QED) is 0.776. The third-order valence-electron chi connectivity index (χ3n) is 4.54. The Kier molecular flexibility index (Phi) is 6.43. The van der Waals surface area contributed by atoms with E-state index >= 15 is 0 Å². The van der Waals surface area contributed by atoms with Crippen molar-refractivity contribution in [3.05, 3.63) is 48.2 Å². The molecule has 160 valence electrons. The summed E-state index contributed by atoms with van der Waals surface area (Å²) in [6.07, 6.45) is -1.84. The first-order valence-corrected chi connectivity index (χ1v) is 9.34. The molecule has 2 N–H and O–H groups in total. The van der Waals surface area contributed by atoms with Crippen molar-refractivity contribution < 1.29 is 27.5 Å². The number of hydrogen-bond donors (Lipinski definition) is 2. The van der Waals surface area contributed by atoms with Crippen molar-refractivity contribution in [3.8, 4) is 5.88 Å². The Morgan fingerprint density at radius 2 is 1.67 bits per heavy atom. The van der Waals surface area contributed by atoms with Crippen molar-refractivity contribution >= 4 is 23.3 Å². The second-order valence-electron chi connectivity index (χ2n) is 6.88. The number of likely N-dealkylation sites (tertiary alicyclic amines) is 1. The van der Waals surface area contributed by atoms with Crippen LogP contribution in [0.2, 0.25) is 0 Å². The molecule has 0 atom stereocenters. The van der Waals surface area contributed by atoms with E-state index in [9.17, 15) is 22.8 Å². The molecule has 1 fully saturated rings. The number of pyridine rings is 1. The van der Waals surface area contributed by atoms with Crippen molar-refractivity contribution in [3.63, 3.8) is 0 Å². The second kappa shape index (κ2) is 9.02. The van der Waals surface area contributed by atoms with Crippen LogP contribution in [-0.2, 0) is 11.0 Å². The number of carbonyl (C=O) groups is 2. The lowest BCUT2D eigenvalue weighted by Crippen LogP contribution is -2.43. The predicted molar refractivity (Wildman–Crippen MR) is 104 cm³/mol. The van der Waals surface area contributed by atoms with Crippen LogP contribution in [0.25, 0.3) is 0 Å². The van der Waals surface area contributed by atoms with Gasteiger partial charge in [-0.15, -0.1) is 0 Å². The molecule has 10 heteroatoms. The van der Waals surface area contributed by atoms with E-state index in [1.807, 2.05) is 0 Å². The van der Waals surface area contributed by atoms with E-state index in [0.29, 0.717) is 43.2 Å². The highest BCUT2D eigenvalue weighted by Gasteiger charge is 2.30. The maximum Gasteiger partial charge on any atom is 0.416 e.